The molecule has 164 valence electrons. The monoisotopic (exact) mass is 448 g/mol. The fraction of sp³-hybridized carbons (Fsp3) is 0.200. The Kier molecular flexibility index (Phi) is 5.77. The minimum atomic E-state index is -1.47. The first-order valence-electron chi connectivity index (χ1n) is 10.3. The molecular formula is C25H25ClN4O2. The van der Waals surface area contributed by atoms with Crippen LogP contribution in [0.3, 0.4) is 0 Å². The highest BCUT2D eigenvalue weighted by Gasteiger charge is 2.34. The zero-order valence-corrected chi connectivity index (χ0v) is 18.6. The number of benzene rings is 2. The van der Waals surface area contributed by atoms with Crippen LogP contribution in [0, 0.1) is 0 Å². The summed E-state index contributed by atoms with van der Waals surface area (Å²) >= 11 is 6.05. The number of amides is 1. The Morgan fingerprint density at radius 1 is 1.06 bits per heavy atom. The van der Waals surface area contributed by atoms with Crippen LogP contribution in [0.4, 0.5) is 0 Å². The number of nitrogens with two attached hydrogens (primary N) is 1. The van der Waals surface area contributed by atoms with Crippen LogP contribution in [-0.4, -0.2) is 33.1 Å². The van der Waals surface area contributed by atoms with Crippen molar-refractivity contribution in [1.82, 2.24) is 15.3 Å². The summed E-state index contributed by atoms with van der Waals surface area (Å²) in [4.78, 5) is 19.8. The van der Waals surface area contributed by atoms with Gasteiger partial charge in [-0.05, 0) is 60.4 Å². The van der Waals surface area contributed by atoms with Gasteiger partial charge in [0, 0.05) is 22.8 Å². The first-order valence-corrected chi connectivity index (χ1v) is 10.6. The third-order valence-electron chi connectivity index (χ3n) is 5.55. The predicted octanol–water partition coefficient (Wildman–Crippen LogP) is 3.97. The molecule has 4 aromatic rings. The summed E-state index contributed by atoms with van der Waals surface area (Å²) in [5.74, 6) is -0.354. The van der Waals surface area contributed by atoms with Gasteiger partial charge in [0.25, 0.3) is 0 Å². The van der Waals surface area contributed by atoms with Gasteiger partial charge in [-0.3, -0.25) is 4.79 Å². The van der Waals surface area contributed by atoms with E-state index in [1.54, 1.807) is 44.3 Å². The Morgan fingerprint density at radius 3 is 2.31 bits per heavy atom. The number of aromatic amines is 1. The summed E-state index contributed by atoms with van der Waals surface area (Å²) in [5.41, 5.74) is 7.48. The molecule has 0 aliphatic rings. The zero-order chi connectivity index (χ0) is 22.9. The normalized spacial score (nSPS) is 13.7. The minimum Gasteiger partial charge on any atom is -0.379 e. The van der Waals surface area contributed by atoms with Crippen LogP contribution in [0.2, 0.25) is 5.02 Å². The van der Waals surface area contributed by atoms with E-state index >= 15 is 0 Å². The molecule has 1 amide bonds. The number of hydrogen-bond donors (Lipinski definition) is 4. The topological polar surface area (TPSA) is 104 Å². The number of nitrogens with zero attached hydrogens (tertiary/aromatic N) is 1. The third kappa shape index (κ3) is 4.25. The molecular weight excluding hydrogens is 424 g/mol. The molecule has 1 unspecified atom stereocenters. The van der Waals surface area contributed by atoms with Crippen LogP contribution in [0.5, 0.6) is 0 Å². The summed E-state index contributed by atoms with van der Waals surface area (Å²) in [5, 5.41) is 16.1. The standard InChI is InChI=1S/C25H25ClN4O2/c1-24(2,27)23(31)30-15-25(32,18-7-9-19(26)10-8-18)17-5-3-16(4-6-17)20-11-13-28-22-21(20)12-14-29-22/h3-14,32H,15,27H2,1-2H3,(H,28,29)(H,30,31). The number of fused-ring (bicyclic) bond motifs is 1. The van der Waals surface area contributed by atoms with Crippen LogP contribution >= 0.6 is 11.6 Å². The van der Waals surface area contributed by atoms with Crippen LogP contribution in [0.25, 0.3) is 22.2 Å². The Hall–Kier alpha value is -3.19. The van der Waals surface area contributed by atoms with Gasteiger partial charge < -0.3 is 21.1 Å². The molecule has 2 aromatic carbocycles. The lowest BCUT2D eigenvalue weighted by molar-refractivity contribution is -0.126. The van der Waals surface area contributed by atoms with Crippen molar-refractivity contribution in [2.45, 2.75) is 25.0 Å². The van der Waals surface area contributed by atoms with Crippen molar-refractivity contribution in [2.24, 2.45) is 5.73 Å². The van der Waals surface area contributed by atoms with E-state index < -0.39 is 11.1 Å². The first kappa shape index (κ1) is 22.0. The third-order valence-corrected chi connectivity index (χ3v) is 5.80. The van der Waals surface area contributed by atoms with Gasteiger partial charge in [0.1, 0.15) is 11.2 Å². The average molecular weight is 449 g/mol. The van der Waals surface area contributed by atoms with Crippen LogP contribution in [-0.2, 0) is 10.4 Å². The number of nitrogens with one attached hydrogen (secondary N) is 2. The number of hydrogen-bond acceptors (Lipinski definition) is 4. The SMILES string of the molecule is CC(C)(N)C(=O)NCC(O)(c1ccc(Cl)cc1)c1ccc(-c2ccnc3[nH]ccc23)cc1. The van der Waals surface area contributed by atoms with Gasteiger partial charge >= 0.3 is 0 Å². The zero-order valence-electron chi connectivity index (χ0n) is 17.9. The maximum absolute atomic E-state index is 12.4. The lowest BCUT2D eigenvalue weighted by Crippen LogP contribution is -2.52. The second-order valence-electron chi connectivity index (χ2n) is 8.45. The molecule has 0 saturated carbocycles. The van der Waals surface area contributed by atoms with Gasteiger partial charge in [0.15, 0.2) is 0 Å². The minimum absolute atomic E-state index is 0.0369. The molecule has 0 bridgehead atoms. The summed E-state index contributed by atoms with van der Waals surface area (Å²) in [6, 6.07) is 18.5. The molecule has 7 heteroatoms. The van der Waals surface area contributed by atoms with Gasteiger partial charge in [-0.1, -0.05) is 48.0 Å². The van der Waals surface area contributed by atoms with E-state index in [-0.39, 0.29) is 12.5 Å². The van der Waals surface area contributed by atoms with E-state index in [1.807, 2.05) is 42.6 Å². The van der Waals surface area contributed by atoms with E-state index in [9.17, 15) is 9.90 Å². The molecule has 0 fully saturated rings. The summed E-state index contributed by atoms with van der Waals surface area (Å²) in [6.07, 6.45) is 3.62. The highest BCUT2D eigenvalue weighted by molar-refractivity contribution is 6.30. The number of aliphatic hydroxyl groups is 1. The number of carbonyl (C=O) groups excluding carboxylic acids is 1. The van der Waals surface area contributed by atoms with Crippen molar-refractivity contribution >= 4 is 28.5 Å². The van der Waals surface area contributed by atoms with Gasteiger partial charge in [-0.25, -0.2) is 4.98 Å². The Balaban J connectivity index is 1.71. The molecule has 5 N–H and O–H groups in total. The average Bonchev–Trinajstić information content (AvgIpc) is 3.26. The highest BCUT2D eigenvalue weighted by Crippen LogP contribution is 2.33. The molecule has 0 aliphatic heterocycles. The van der Waals surface area contributed by atoms with E-state index in [0.717, 1.165) is 22.2 Å². The molecule has 0 aliphatic carbocycles. The molecule has 0 saturated heterocycles. The highest BCUT2D eigenvalue weighted by atomic mass is 35.5. The Bertz CT molecular complexity index is 1240. The van der Waals surface area contributed by atoms with E-state index in [2.05, 4.69) is 15.3 Å². The van der Waals surface area contributed by atoms with Crippen LogP contribution < -0.4 is 11.1 Å². The molecule has 1 atom stereocenters. The van der Waals surface area contributed by atoms with Crippen molar-refractivity contribution in [3.8, 4) is 11.1 Å². The van der Waals surface area contributed by atoms with Gasteiger partial charge in [-0.15, -0.1) is 0 Å². The number of pyridine rings is 1. The lowest BCUT2D eigenvalue weighted by Gasteiger charge is -2.31. The second-order valence-corrected chi connectivity index (χ2v) is 8.88. The quantitative estimate of drug-likeness (QED) is 0.358. The maximum atomic E-state index is 12.4. The fourth-order valence-corrected chi connectivity index (χ4v) is 3.80. The second kappa shape index (κ2) is 8.39. The largest absolute Gasteiger partial charge is 0.379 e. The Labute approximate surface area is 191 Å². The van der Waals surface area contributed by atoms with Crippen molar-refractivity contribution in [1.29, 1.82) is 0 Å². The Morgan fingerprint density at radius 2 is 1.69 bits per heavy atom. The summed E-state index contributed by atoms with van der Waals surface area (Å²) in [6.45, 7) is 3.20. The van der Waals surface area contributed by atoms with Crippen molar-refractivity contribution in [3.63, 3.8) is 0 Å². The molecule has 4 rings (SSSR count). The van der Waals surface area contributed by atoms with Crippen LogP contribution in [0.15, 0.2) is 73.1 Å². The first-order chi connectivity index (χ1) is 15.2. The summed E-state index contributed by atoms with van der Waals surface area (Å²) in [7, 11) is 0. The number of rotatable bonds is 6. The lowest BCUT2D eigenvalue weighted by atomic mass is 9.85. The van der Waals surface area contributed by atoms with E-state index in [1.165, 1.54) is 0 Å². The molecule has 2 aromatic heterocycles. The van der Waals surface area contributed by atoms with Crippen molar-refractivity contribution in [3.05, 3.63) is 89.2 Å². The molecule has 0 spiro atoms. The fourth-order valence-electron chi connectivity index (χ4n) is 3.67. The summed E-state index contributed by atoms with van der Waals surface area (Å²) < 4.78 is 0. The number of carbonyl (C=O) groups is 1. The molecule has 2 heterocycles. The molecule has 6 nitrogen and oxygen atoms in total. The van der Waals surface area contributed by atoms with Gasteiger partial charge in [-0.2, -0.15) is 0 Å². The van der Waals surface area contributed by atoms with E-state index in [4.69, 9.17) is 17.3 Å². The van der Waals surface area contributed by atoms with Gasteiger partial charge in [0.05, 0.1) is 12.1 Å². The number of halogens is 1. The number of H-pyrrole nitrogens is 1. The number of aromatic nitrogens is 2. The van der Waals surface area contributed by atoms with Gasteiger partial charge in [0.2, 0.25) is 5.91 Å². The smallest absolute Gasteiger partial charge is 0.239 e. The van der Waals surface area contributed by atoms with Crippen molar-refractivity contribution < 1.29 is 9.90 Å². The maximum Gasteiger partial charge on any atom is 0.239 e. The molecule has 32 heavy (non-hydrogen) atoms. The van der Waals surface area contributed by atoms with E-state index in [0.29, 0.717) is 16.1 Å². The predicted molar refractivity (Wildman–Crippen MR) is 127 cm³/mol. The van der Waals surface area contributed by atoms with Crippen molar-refractivity contribution in [2.75, 3.05) is 6.54 Å². The van der Waals surface area contributed by atoms with Crippen LogP contribution in [0.1, 0.15) is 25.0 Å². The molecule has 0 radical (unpaired) electrons.